The Morgan fingerprint density at radius 2 is 1.58 bits per heavy atom. The van der Waals surface area contributed by atoms with Gasteiger partial charge in [-0.3, -0.25) is 0 Å². The van der Waals surface area contributed by atoms with Gasteiger partial charge in [-0.15, -0.1) is 0 Å². The highest BCUT2D eigenvalue weighted by atomic mass is 79.9. The summed E-state index contributed by atoms with van der Waals surface area (Å²) in [5.41, 5.74) is 1.93. The van der Waals surface area contributed by atoms with E-state index in [-0.39, 0.29) is 6.04 Å². The van der Waals surface area contributed by atoms with Crippen molar-refractivity contribution in [1.29, 1.82) is 0 Å². The van der Waals surface area contributed by atoms with Gasteiger partial charge in [-0.05, 0) is 44.0 Å². The molecule has 0 saturated carbocycles. The minimum Gasteiger partial charge on any atom is -0.493 e. The standard InChI is InChI=1S/C27H36BrN3O5/c1-5-9-33-10-11-34-12-13-35-14-15-36-26-18-24-23(17-25(26)32-4)27(31-20(3)30-24)29-19(2)21-7-6-8-22(28)16-21/h6-8,16-19H,5,9-15H2,1-4H3,(H,29,30,31)/t19-/m1/s1. The molecule has 1 heterocycles. The lowest BCUT2D eigenvalue weighted by Gasteiger charge is -2.18. The first-order chi connectivity index (χ1) is 17.5. The fourth-order valence-corrected chi connectivity index (χ4v) is 4.01. The van der Waals surface area contributed by atoms with E-state index >= 15 is 0 Å². The number of nitrogens with zero attached hydrogens (tertiary/aromatic N) is 2. The lowest BCUT2D eigenvalue weighted by atomic mass is 10.1. The quantitative estimate of drug-likeness (QED) is 0.222. The third-order valence-corrected chi connectivity index (χ3v) is 5.87. The summed E-state index contributed by atoms with van der Waals surface area (Å²) in [5, 5.41) is 4.39. The largest absolute Gasteiger partial charge is 0.493 e. The molecule has 2 aromatic carbocycles. The number of anilines is 1. The number of halogens is 1. The van der Waals surface area contributed by atoms with Crippen molar-refractivity contribution in [3.05, 3.63) is 52.3 Å². The van der Waals surface area contributed by atoms with Gasteiger partial charge in [-0.25, -0.2) is 9.97 Å². The Kier molecular flexibility index (Phi) is 11.7. The number of aromatic nitrogens is 2. The molecule has 8 nitrogen and oxygen atoms in total. The van der Waals surface area contributed by atoms with Crippen LogP contribution in [0.5, 0.6) is 11.5 Å². The van der Waals surface area contributed by atoms with Gasteiger partial charge in [-0.2, -0.15) is 0 Å². The molecule has 1 atom stereocenters. The van der Waals surface area contributed by atoms with Gasteiger partial charge in [-0.1, -0.05) is 35.0 Å². The van der Waals surface area contributed by atoms with E-state index in [1.54, 1.807) is 7.11 Å². The first-order valence-corrected chi connectivity index (χ1v) is 13.1. The average molecular weight is 563 g/mol. The minimum atomic E-state index is 0.0481. The molecule has 0 bridgehead atoms. The lowest BCUT2D eigenvalue weighted by Crippen LogP contribution is -2.13. The molecular weight excluding hydrogens is 526 g/mol. The molecule has 9 heteroatoms. The molecule has 0 aliphatic heterocycles. The van der Waals surface area contributed by atoms with E-state index in [0.29, 0.717) is 57.0 Å². The van der Waals surface area contributed by atoms with Crippen LogP contribution in [0.2, 0.25) is 0 Å². The number of rotatable bonds is 16. The summed E-state index contributed by atoms with van der Waals surface area (Å²) in [6.07, 6.45) is 1.02. The van der Waals surface area contributed by atoms with Gasteiger partial charge in [0.25, 0.3) is 0 Å². The Balaban J connectivity index is 1.58. The van der Waals surface area contributed by atoms with Crippen LogP contribution in [0.15, 0.2) is 40.9 Å². The zero-order valence-electron chi connectivity index (χ0n) is 21.5. The first-order valence-electron chi connectivity index (χ1n) is 12.3. The topological polar surface area (TPSA) is 84.0 Å². The zero-order valence-corrected chi connectivity index (χ0v) is 23.1. The number of benzene rings is 2. The average Bonchev–Trinajstić information content (AvgIpc) is 2.86. The van der Waals surface area contributed by atoms with Gasteiger partial charge in [0.1, 0.15) is 18.2 Å². The first kappa shape index (κ1) is 28.1. The van der Waals surface area contributed by atoms with Crippen LogP contribution in [-0.2, 0) is 14.2 Å². The van der Waals surface area contributed by atoms with Crippen LogP contribution in [0.1, 0.15) is 37.7 Å². The Labute approximate surface area is 221 Å². The van der Waals surface area contributed by atoms with E-state index in [9.17, 15) is 0 Å². The van der Waals surface area contributed by atoms with Gasteiger partial charge in [0.15, 0.2) is 11.5 Å². The molecule has 0 aliphatic rings. The maximum absolute atomic E-state index is 5.95. The number of hydrogen-bond donors (Lipinski definition) is 1. The molecule has 196 valence electrons. The van der Waals surface area contributed by atoms with Crippen molar-refractivity contribution < 1.29 is 23.7 Å². The Morgan fingerprint density at radius 3 is 2.25 bits per heavy atom. The molecule has 36 heavy (non-hydrogen) atoms. The Morgan fingerprint density at radius 1 is 0.889 bits per heavy atom. The third kappa shape index (κ3) is 8.58. The summed E-state index contributed by atoms with van der Waals surface area (Å²) in [5.74, 6) is 2.65. The van der Waals surface area contributed by atoms with E-state index < -0.39 is 0 Å². The number of fused-ring (bicyclic) bond motifs is 1. The molecular formula is C27H36BrN3O5. The molecule has 0 unspecified atom stereocenters. The molecule has 0 fully saturated rings. The summed E-state index contributed by atoms with van der Waals surface area (Å²) in [6, 6.07) is 12.1. The van der Waals surface area contributed by atoms with Crippen molar-refractivity contribution in [2.75, 3.05) is 58.7 Å². The predicted molar refractivity (Wildman–Crippen MR) is 145 cm³/mol. The predicted octanol–water partition coefficient (Wildman–Crippen LogP) is 5.72. The van der Waals surface area contributed by atoms with Crippen molar-refractivity contribution in [2.24, 2.45) is 0 Å². The van der Waals surface area contributed by atoms with Gasteiger partial charge < -0.3 is 29.0 Å². The normalized spacial score (nSPS) is 12.0. The number of aryl methyl sites for hydroxylation is 1. The molecule has 1 N–H and O–H groups in total. The van der Waals surface area contributed by atoms with Crippen LogP contribution >= 0.6 is 15.9 Å². The molecule has 0 aliphatic carbocycles. The Bertz CT molecular complexity index is 1100. The van der Waals surface area contributed by atoms with Gasteiger partial charge in [0.2, 0.25) is 0 Å². The number of methoxy groups -OCH3 is 1. The number of hydrogen-bond acceptors (Lipinski definition) is 8. The van der Waals surface area contributed by atoms with E-state index in [1.165, 1.54) is 0 Å². The molecule has 1 aromatic heterocycles. The van der Waals surface area contributed by atoms with Crippen molar-refractivity contribution in [3.63, 3.8) is 0 Å². The van der Waals surface area contributed by atoms with Gasteiger partial charge in [0, 0.05) is 22.5 Å². The minimum absolute atomic E-state index is 0.0481. The number of nitrogens with one attached hydrogen (secondary N) is 1. The monoisotopic (exact) mass is 561 g/mol. The second-order valence-electron chi connectivity index (χ2n) is 8.25. The summed E-state index contributed by atoms with van der Waals surface area (Å²) in [6.45, 7) is 9.88. The van der Waals surface area contributed by atoms with Crippen LogP contribution in [0.25, 0.3) is 10.9 Å². The van der Waals surface area contributed by atoms with Gasteiger partial charge >= 0.3 is 0 Å². The van der Waals surface area contributed by atoms with Crippen LogP contribution in [0.3, 0.4) is 0 Å². The zero-order chi connectivity index (χ0) is 25.8. The van der Waals surface area contributed by atoms with E-state index in [1.807, 2.05) is 31.2 Å². The molecule has 0 saturated heterocycles. The van der Waals surface area contributed by atoms with Crippen molar-refractivity contribution in [3.8, 4) is 11.5 Å². The van der Waals surface area contributed by atoms with Crippen molar-refractivity contribution in [1.82, 2.24) is 9.97 Å². The maximum Gasteiger partial charge on any atom is 0.163 e. The second-order valence-corrected chi connectivity index (χ2v) is 9.16. The molecule has 0 spiro atoms. The molecule has 3 rings (SSSR count). The maximum atomic E-state index is 5.95. The molecule has 0 amide bonds. The SMILES string of the molecule is CCCOCCOCCOCCOc1cc2nc(C)nc(N[C@H](C)c3cccc(Br)c3)c2cc1OC. The highest BCUT2D eigenvalue weighted by Gasteiger charge is 2.15. The van der Waals surface area contributed by atoms with Crippen molar-refractivity contribution in [2.45, 2.75) is 33.2 Å². The number of ether oxygens (including phenoxy) is 5. The fourth-order valence-electron chi connectivity index (χ4n) is 3.60. The van der Waals surface area contributed by atoms with Crippen LogP contribution in [0, 0.1) is 6.92 Å². The summed E-state index contributed by atoms with van der Waals surface area (Å²) >= 11 is 3.54. The fraction of sp³-hybridized carbons (Fsp3) is 0.481. The van der Waals surface area contributed by atoms with E-state index in [0.717, 1.165) is 39.8 Å². The summed E-state index contributed by atoms with van der Waals surface area (Å²) in [4.78, 5) is 9.28. The molecule has 3 aromatic rings. The van der Waals surface area contributed by atoms with E-state index in [2.05, 4.69) is 57.2 Å². The van der Waals surface area contributed by atoms with Crippen molar-refractivity contribution >= 4 is 32.7 Å². The lowest BCUT2D eigenvalue weighted by molar-refractivity contribution is 0.00934. The second kappa shape index (κ2) is 14.9. The van der Waals surface area contributed by atoms with Crippen LogP contribution in [-0.4, -0.2) is 63.3 Å². The third-order valence-electron chi connectivity index (χ3n) is 5.37. The molecule has 0 radical (unpaired) electrons. The highest BCUT2D eigenvalue weighted by Crippen LogP contribution is 2.35. The highest BCUT2D eigenvalue weighted by molar-refractivity contribution is 9.10. The van der Waals surface area contributed by atoms with E-state index in [4.69, 9.17) is 23.7 Å². The summed E-state index contributed by atoms with van der Waals surface area (Å²) in [7, 11) is 1.62. The Hall–Kier alpha value is -2.46. The van der Waals surface area contributed by atoms with Crippen LogP contribution in [0.4, 0.5) is 5.82 Å². The smallest absolute Gasteiger partial charge is 0.163 e. The summed E-state index contributed by atoms with van der Waals surface area (Å²) < 4.78 is 29.1. The van der Waals surface area contributed by atoms with Crippen LogP contribution < -0.4 is 14.8 Å². The van der Waals surface area contributed by atoms with Gasteiger partial charge in [0.05, 0.1) is 51.7 Å².